The van der Waals surface area contributed by atoms with Gasteiger partial charge in [-0.3, -0.25) is 14.2 Å². The first-order valence-electron chi connectivity index (χ1n) is 9.77. The van der Waals surface area contributed by atoms with E-state index in [9.17, 15) is 13.2 Å². The molecule has 0 saturated heterocycles. The number of aromatic nitrogens is 3. The number of methoxy groups -OCH3 is 1. The zero-order valence-electron chi connectivity index (χ0n) is 17.4. The van der Waals surface area contributed by atoms with Crippen molar-refractivity contribution >= 4 is 27.3 Å². The van der Waals surface area contributed by atoms with Crippen LogP contribution in [0.15, 0.2) is 47.8 Å². The van der Waals surface area contributed by atoms with E-state index < -0.39 is 15.9 Å². The maximum atomic E-state index is 13.1. The summed E-state index contributed by atoms with van der Waals surface area (Å²) in [6, 6.07) is 7.17. The molecule has 2 heterocycles. The Labute approximate surface area is 180 Å². The second-order valence-electron chi connectivity index (χ2n) is 7.50. The lowest BCUT2D eigenvalue weighted by atomic mass is 10.1. The first-order valence-corrected chi connectivity index (χ1v) is 11.3. The average Bonchev–Trinajstić information content (AvgIpc) is 3.47. The molecule has 31 heavy (non-hydrogen) atoms. The van der Waals surface area contributed by atoms with Gasteiger partial charge in [-0.25, -0.2) is 13.4 Å². The van der Waals surface area contributed by atoms with Crippen LogP contribution in [0.1, 0.15) is 40.4 Å². The van der Waals surface area contributed by atoms with Gasteiger partial charge in [0.15, 0.2) is 4.90 Å². The van der Waals surface area contributed by atoms with Crippen molar-refractivity contribution in [1.29, 1.82) is 0 Å². The lowest BCUT2D eigenvalue weighted by Crippen LogP contribution is -2.17. The SMILES string of the molecule is COc1ncc(NC(=O)c2cnn(C3CC3)c2)cc1S(=O)(=O)Nc1c(C)cccc1C. The van der Waals surface area contributed by atoms with E-state index in [2.05, 4.69) is 20.1 Å². The minimum Gasteiger partial charge on any atom is -0.480 e. The van der Waals surface area contributed by atoms with Crippen molar-refractivity contribution in [3.8, 4) is 5.88 Å². The molecule has 0 aliphatic heterocycles. The van der Waals surface area contributed by atoms with Gasteiger partial charge in [-0.2, -0.15) is 5.10 Å². The molecule has 0 bridgehead atoms. The Bertz CT molecular complexity index is 1230. The van der Waals surface area contributed by atoms with Crippen LogP contribution < -0.4 is 14.8 Å². The Morgan fingerprint density at radius 3 is 2.55 bits per heavy atom. The van der Waals surface area contributed by atoms with Gasteiger partial charge in [0.05, 0.1) is 42.5 Å². The number of anilines is 2. The number of hydrogen-bond acceptors (Lipinski definition) is 6. The molecule has 0 unspecified atom stereocenters. The molecule has 10 heteroatoms. The summed E-state index contributed by atoms with van der Waals surface area (Å²) >= 11 is 0. The van der Waals surface area contributed by atoms with Gasteiger partial charge >= 0.3 is 0 Å². The molecule has 2 aromatic heterocycles. The second-order valence-corrected chi connectivity index (χ2v) is 9.15. The normalized spacial score (nSPS) is 13.6. The van der Waals surface area contributed by atoms with Crippen LogP contribution in [0, 0.1) is 13.8 Å². The van der Waals surface area contributed by atoms with E-state index in [4.69, 9.17) is 4.74 Å². The maximum Gasteiger partial charge on any atom is 0.267 e. The smallest absolute Gasteiger partial charge is 0.267 e. The predicted molar refractivity (Wildman–Crippen MR) is 116 cm³/mol. The van der Waals surface area contributed by atoms with Gasteiger partial charge in [-0.05, 0) is 43.9 Å². The Morgan fingerprint density at radius 1 is 1.19 bits per heavy atom. The highest BCUT2D eigenvalue weighted by Gasteiger charge is 2.26. The van der Waals surface area contributed by atoms with E-state index in [1.54, 1.807) is 10.9 Å². The van der Waals surface area contributed by atoms with Crippen molar-refractivity contribution in [3.63, 3.8) is 0 Å². The van der Waals surface area contributed by atoms with Crippen LogP contribution in [0.25, 0.3) is 0 Å². The maximum absolute atomic E-state index is 13.1. The van der Waals surface area contributed by atoms with E-state index in [0.29, 0.717) is 17.3 Å². The van der Waals surface area contributed by atoms with Crippen LogP contribution in [0.2, 0.25) is 0 Å². The highest BCUT2D eigenvalue weighted by molar-refractivity contribution is 7.92. The summed E-state index contributed by atoms with van der Waals surface area (Å²) in [5.74, 6) is -0.469. The summed E-state index contributed by atoms with van der Waals surface area (Å²) in [4.78, 5) is 16.5. The van der Waals surface area contributed by atoms with E-state index in [-0.39, 0.29) is 16.5 Å². The van der Waals surface area contributed by atoms with Gasteiger partial charge in [-0.1, -0.05) is 18.2 Å². The number of para-hydroxylation sites is 1. The summed E-state index contributed by atoms with van der Waals surface area (Å²) < 4.78 is 35.8. The molecule has 1 aromatic carbocycles. The van der Waals surface area contributed by atoms with Gasteiger partial charge in [0.25, 0.3) is 15.9 Å². The van der Waals surface area contributed by atoms with Crippen LogP contribution in [0.5, 0.6) is 5.88 Å². The van der Waals surface area contributed by atoms with E-state index in [1.807, 2.05) is 32.0 Å². The number of nitrogens with one attached hydrogen (secondary N) is 2. The fraction of sp³-hybridized carbons (Fsp3) is 0.286. The number of hydrogen-bond donors (Lipinski definition) is 2. The van der Waals surface area contributed by atoms with Crippen molar-refractivity contribution < 1.29 is 17.9 Å². The van der Waals surface area contributed by atoms with Crippen molar-refractivity contribution in [2.75, 3.05) is 17.1 Å². The summed E-state index contributed by atoms with van der Waals surface area (Å²) in [7, 11) is -2.69. The van der Waals surface area contributed by atoms with E-state index in [1.165, 1.54) is 25.6 Å². The lowest BCUT2D eigenvalue weighted by Gasteiger charge is -2.15. The molecule has 162 valence electrons. The first kappa shape index (κ1) is 20.9. The molecule has 4 rings (SSSR count). The molecule has 0 radical (unpaired) electrons. The number of aryl methyl sites for hydroxylation is 2. The van der Waals surface area contributed by atoms with Gasteiger partial charge < -0.3 is 10.1 Å². The third-order valence-corrected chi connectivity index (χ3v) is 6.41. The largest absolute Gasteiger partial charge is 0.480 e. The first-order chi connectivity index (χ1) is 14.8. The average molecular weight is 442 g/mol. The van der Waals surface area contributed by atoms with Crippen LogP contribution in [0.4, 0.5) is 11.4 Å². The van der Waals surface area contributed by atoms with Crippen LogP contribution in [0.3, 0.4) is 0 Å². The zero-order chi connectivity index (χ0) is 22.2. The third kappa shape index (κ3) is 4.38. The summed E-state index contributed by atoms with van der Waals surface area (Å²) in [5.41, 5.74) is 2.68. The molecule has 1 saturated carbocycles. The molecule has 9 nitrogen and oxygen atoms in total. The molecule has 1 fully saturated rings. The standard InChI is InChI=1S/C21H23N5O4S/c1-13-5-4-6-14(2)19(13)25-31(28,29)18-9-16(11-22-21(18)30-3)24-20(27)15-10-23-26(12-15)17-7-8-17/h4-6,9-12,17,25H,7-8H2,1-3H3,(H,24,27). The quantitative estimate of drug-likeness (QED) is 0.581. The number of carbonyl (C=O) groups excluding carboxylic acids is 1. The lowest BCUT2D eigenvalue weighted by molar-refractivity contribution is 0.102. The third-order valence-electron chi connectivity index (χ3n) is 5.06. The molecule has 1 aliphatic carbocycles. The molecule has 3 aromatic rings. The number of carbonyl (C=O) groups is 1. The predicted octanol–water partition coefficient (Wildman–Crippen LogP) is 3.29. The minimum absolute atomic E-state index is 0.0710. The number of nitrogens with zero attached hydrogens (tertiary/aromatic N) is 3. The molecule has 1 amide bonds. The summed E-state index contributed by atoms with van der Waals surface area (Å²) in [6.07, 6.45) is 6.63. The number of rotatable bonds is 7. The van der Waals surface area contributed by atoms with Crippen molar-refractivity contribution in [1.82, 2.24) is 14.8 Å². The highest BCUT2D eigenvalue weighted by Crippen LogP contribution is 2.34. The summed E-state index contributed by atoms with van der Waals surface area (Å²) in [6.45, 7) is 3.64. The van der Waals surface area contributed by atoms with Gasteiger partial charge in [0.1, 0.15) is 0 Å². The van der Waals surface area contributed by atoms with Gasteiger partial charge in [0, 0.05) is 6.20 Å². The van der Waals surface area contributed by atoms with Crippen LogP contribution in [-0.2, 0) is 10.0 Å². The van der Waals surface area contributed by atoms with E-state index in [0.717, 1.165) is 24.0 Å². The zero-order valence-corrected chi connectivity index (χ0v) is 18.2. The molecule has 0 atom stereocenters. The monoisotopic (exact) mass is 441 g/mol. The Kier molecular flexibility index (Phi) is 5.40. The molecule has 2 N–H and O–H groups in total. The summed E-state index contributed by atoms with van der Waals surface area (Å²) in [5, 5.41) is 6.88. The fourth-order valence-corrected chi connectivity index (χ4v) is 4.56. The minimum atomic E-state index is -4.03. The Morgan fingerprint density at radius 2 is 1.90 bits per heavy atom. The van der Waals surface area contributed by atoms with Crippen molar-refractivity contribution in [2.24, 2.45) is 0 Å². The number of benzene rings is 1. The van der Waals surface area contributed by atoms with Gasteiger partial charge in [0.2, 0.25) is 5.88 Å². The molecule has 0 spiro atoms. The Balaban J connectivity index is 1.61. The number of pyridine rings is 1. The van der Waals surface area contributed by atoms with Crippen LogP contribution in [-0.4, -0.2) is 36.2 Å². The molecule has 1 aliphatic rings. The van der Waals surface area contributed by atoms with E-state index >= 15 is 0 Å². The topological polar surface area (TPSA) is 115 Å². The highest BCUT2D eigenvalue weighted by atomic mass is 32.2. The second kappa shape index (κ2) is 8.03. The number of amides is 1. The Hall–Kier alpha value is -3.40. The number of ether oxygens (including phenoxy) is 1. The molecular weight excluding hydrogens is 418 g/mol. The number of sulfonamides is 1. The van der Waals surface area contributed by atoms with Crippen molar-refractivity contribution in [2.45, 2.75) is 37.6 Å². The fourth-order valence-electron chi connectivity index (χ4n) is 3.21. The van der Waals surface area contributed by atoms with Crippen molar-refractivity contribution in [3.05, 3.63) is 59.5 Å². The molecular formula is C21H23N5O4S. The van der Waals surface area contributed by atoms with Gasteiger partial charge in [-0.15, -0.1) is 0 Å². The van der Waals surface area contributed by atoms with Crippen LogP contribution >= 0.6 is 0 Å².